The van der Waals surface area contributed by atoms with Crippen LogP contribution in [0.3, 0.4) is 0 Å². The molecule has 3 aliphatic rings. The Labute approximate surface area is 298 Å². The van der Waals surface area contributed by atoms with E-state index in [0.717, 1.165) is 35.3 Å². The van der Waals surface area contributed by atoms with Crippen LogP contribution in [0.1, 0.15) is 102 Å². The van der Waals surface area contributed by atoms with Crippen molar-refractivity contribution in [2.24, 2.45) is 11.8 Å². The molecule has 0 saturated heterocycles. The molecule has 2 aliphatic carbocycles. The maximum atomic E-state index is 14.0. The second-order valence-electron chi connectivity index (χ2n) is 14.9. The number of carbonyl (C=O) groups excluding carboxylic acids is 1. The fourth-order valence-corrected chi connectivity index (χ4v) is 7.68. The molecule has 1 unspecified atom stereocenters. The van der Waals surface area contributed by atoms with Gasteiger partial charge >= 0.3 is 0 Å². The summed E-state index contributed by atoms with van der Waals surface area (Å²) in [6.45, 7) is 9.85. The molecule has 1 amide bonds. The van der Waals surface area contributed by atoms with Crippen molar-refractivity contribution in [3.05, 3.63) is 93.6 Å². The lowest BCUT2D eigenvalue weighted by Gasteiger charge is -2.38. The summed E-state index contributed by atoms with van der Waals surface area (Å²) in [6, 6.07) is 20.7. The van der Waals surface area contributed by atoms with Crippen LogP contribution in [0.5, 0.6) is 11.5 Å². The Balaban J connectivity index is 1.18. The molecule has 3 aromatic rings. The molecule has 1 N–H and O–H groups in total. The highest BCUT2D eigenvalue weighted by Gasteiger charge is 2.36. The predicted molar refractivity (Wildman–Crippen MR) is 202 cm³/mol. The number of rotatable bonds is 13. The Morgan fingerprint density at radius 1 is 0.980 bits per heavy atom. The molecule has 0 radical (unpaired) electrons. The minimum Gasteiger partial charge on any atom is -0.493 e. The lowest BCUT2D eigenvalue weighted by atomic mass is 9.85. The molecule has 0 bridgehead atoms. The summed E-state index contributed by atoms with van der Waals surface area (Å²) >= 11 is 6.32. The summed E-state index contributed by atoms with van der Waals surface area (Å²) in [4.78, 5) is 18.3. The standard InChI is InChI=1S/C42H54ClN3O3/c1-7-28(4)49-40-25-37-32(23-39(40)48-6)24-41(47)46(42(37)31-12-14-33(43)15-13-31)36-20-18-35(19-21-36)45(5)26-29-8-16-34(17-9-29)44-38(22-27(2)3)30-10-11-30/h12-15,18-21,23,25,27-29,34,42,44H,7-11,16-17,22,24,26H2,1-6H3/t28-,29?,34?,42?/m1/s1. The molecule has 0 spiro atoms. The number of carbonyl (C=O) groups is 1. The largest absolute Gasteiger partial charge is 0.493 e. The molecule has 49 heavy (non-hydrogen) atoms. The van der Waals surface area contributed by atoms with Gasteiger partial charge in [0, 0.05) is 41.7 Å². The van der Waals surface area contributed by atoms with Gasteiger partial charge in [-0.25, -0.2) is 0 Å². The number of fused-ring (bicyclic) bond motifs is 1. The van der Waals surface area contributed by atoms with E-state index in [2.05, 4.69) is 75.3 Å². The molecule has 2 atom stereocenters. The zero-order valence-corrected chi connectivity index (χ0v) is 31.0. The summed E-state index contributed by atoms with van der Waals surface area (Å²) in [5, 5.41) is 4.62. The lowest BCUT2D eigenvalue weighted by molar-refractivity contribution is -0.118. The Kier molecular flexibility index (Phi) is 11.1. The van der Waals surface area contributed by atoms with Crippen molar-refractivity contribution in [2.75, 3.05) is 30.5 Å². The van der Waals surface area contributed by atoms with Crippen LogP contribution in [0.2, 0.25) is 5.02 Å². The first-order chi connectivity index (χ1) is 23.6. The van der Waals surface area contributed by atoms with Crippen LogP contribution >= 0.6 is 11.6 Å². The summed E-state index contributed by atoms with van der Waals surface area (Å²) in [5.41, 5.74) is 8.24. The maximum Gasteiger partial charge on any atom is 0.232 e. The van der Waals surface area contributed by atoms with Crippen molar-refractivity contribution in [1.29, 1.82) is 0 Å². The Morgan fingerprint density at radius 3 is 2.29 bits per heavy atom. The van der Waals surface area contributed by atoms with Gasteiger partial charge in [0.25, 0.3) is 0 Å². The van der Waals surface area contributed by atoms with Gasteiger partial charge in [-0.05, 0) is 135 Å². The highest BCUT2D eigenvalue weighted by Crippen LogP contribution is 2.44. The van der Waals surface area contributed by atoms with Crippen LogP contribution < -0.4 is 24.6 Å². The van der Waals surface area contributed by atoms with Gasteiger partial charge in [-0.1, -0.05) is 50.1 Å². The Morgan fingerprint density at radius 2 is 1.67 bits per heavy atom. The van der Waals surface area contributed by atoms with E-state index in [1.54, 1.807) is 18.4 Å². The van der Waals surface area contributed by atoms with Crippen molar-refractivity contribution in [3.8, 4) is 11.5 Å². The average Bonchev–Trinajstić information content (AvgIpc) is 3.94. The molecule has 6 nitrogen and oxygen atoms in total. The van der Waals surface area contributed by atoms with E-state index >= 15 is 0 Å². The number of ether oxygens (including phenoxy) is 2. The molecule has 6 rings (SSSR count). The van der Waals surface area contributed by atoms with Crippen LogP contribution in [-0.2, 0) is 11.2 Å². The fourth-order valence-electron chi connectivity index (χ4n) is 7.55. The third-order valence-electron chi connectivity index (χ3n) is 10.5. The predicted octanol–water partition coefficient (Wildman–Crippen LogP) is 9.88. The molecule has 3 aromatic carbocycles. The Hall–Kier alpha value is -3.64. The van der Waals surface area contributed by atoms with E-state index < -0.39 is 0 Å². The molecule has 1 aliphatic heterocycles. The minimum atomic E-state index is -0.331. The van der Waals surface area contributed by atoms with Crippen molar-refractivity contribution in [3.63, 3.8) is 0 Å². The first-order valence-corrected chi connectivity index (χ1v) is 18.7. The summed E-state index contributed by atoms with van der Waals surface area (Å²) in [6.07, 6.45) is 9.95. The lowest BCUT2D eigenvalue weighted by Crippen LogP contribution is -2.41. The number of nitrogens with one attached hydrogen (secondary N) is 1. The Bertz CT molecular complexity index is 1620. The van der Waals surface area contributed by atoms with Crippen LogP contribution in [0.25, 0.3) is 0 Å². The van der Waals surface area contributed by atoms with E-state index in [1.807, 2.05) is 35.2 Å². The van der Waals surface area contributed by atoms with Crippen LogP contribution in [0.4, 0.5) is 11.4 Å². The first-order valence-electron chi connectivity index (χ1n) is 18.4. The second kappa shape index (κ2) is 15.5. The van der Waals surface area contributed by atoms with E-state index in [9.17, 15) is 4.79 Å². The summed E-state index contributed by atoms with van der Waals surface area (Å²) in [5.74, 6) is 2.78. The van der Waals surface area contributed by atoms with E-state index in [1.165, 1.54) is 50.6 Å². The first kappa shape index (κ1) is 35.2. The fraction of sp³-hybridized carbons (Fsp3) is 0.500. The summed E-state index contributed by atoms with van der Waals surface area (Å²) < 4.78 is 12.0. The van der Waals surface area contributed by atoms with E-state index in [-0.39, 0.29) is 24.5 Å². The van der Waals surface area contributed by atoms with Crippen molar-refractivity contribution < 1.29 is 14.3 Å². The number of benzene rings is 3. The third kappa shape index (κ3) is 8.40. The number of nitrogens with zero attached hydrogens (tertiary/aromatic N) is 2. The molecule has 1 heterocycles. The highest BCUT2D eigenvalue weighted by atomic mass is 35.5. The van der Waals surface area contributed by atoms with Gasteiger partial charge in [0.1, 0.15) is 0 Å². The average molecular weight is 684 g/mol. The van der Waals surface area contributed by atoms with Gasteiger partial charge in [0.2, 0.25) is 5.91 Å². The third-order valence-corrected chi connectivity index (χ3v) is 10.8. The maximum absolute atomic E-state index is 14.0. The number of hydrogen-bond acceptors (Lipinski definition) is 5. The number of halogens is 1. The van der Waals surface area contributed by atoms with Gasteiger partial charge in [-0.2, -0.15) is 0 Å². The molecular weight excluding hydrogens is 630 g/mol. The van der Waals surface area contributed by atoms with E-state index in [0.29, 0.717) is 34.4 Å². The monoisotopic (exact) mass is 683 g/mol. The number of allylic oxidation sites excluding steroid dienone is 2. The molecule has 262 valence electrons. The normalized spacial score (nSPS) is 20.9. The highest BCUT2D eigenvalue weighted by molar-refractivity contribution is 6.30. The van der Waals surface area contributed by atoms with Crippen LogP contribution in [0, 0.1) is 11.8 Å². The number of anilines is 2. The van der Waals surface area contributed by atoms with Crippen molar-refractivity contribution in [2.45, 2.75) is 104 Å². The molecule has 7 heteroatoms. The molecule has 2 saturated carbocycles. The molecular formula is C42H54ClN3O3. The van der Waals surface area contributed by atoms with Gasteiger partial charge in [-0.15, -0.1) is 0 Å². The molecule has 0 aromatic heterocycles. The van der Waals surface area contributed by atoms with Crippen LogP contribution in [0.15, 0.2) is 71.9 Å². The minimum absolute atomic E-state index is 0.0333. The van der Waals surface area contributed by atoms with Gasteiger partial charge in [0.15, 0.2) is 11.5 Å². The number of amides is 1. The number of hydrogen-bond donors (Lipinski definition) is 1. The second-order valence-corrected chi connectivity index (χ2v) is 15.3. The van der Waals surface area contributed by atoms with Crippen molar-refractivity contribution >= 4 is 28.9 Å². The van der Waals surface area contributed by atoms with Gasteiger partial charge in [0.05, 0.1) is 25.7 Å². The SMILES string of the molecule is CC[C@@H](C)Oc1cc2c(cc1OC)CC(=O)N(c1ccc(N(C)CC3CCC(NC(CC(C)C)=C4CC4)CC3)cc1)C2c1ccc(Cl)cc1. The van der Waals surface area contributed by atoms with Gasteiger partial charge < -0.3 is 24.6 Å². The van der Waals surface area contributed by atoms with Crippen LogP contribution in [-0.4, -0.2) is 38.8 Å². The van der Waals surface area contributed by atoms with E-state index in [4.69, 9.17) is 21.1 Å². The quantitative estimate of drug-likeness (QED) is 0.194. The summed E-state index contributed by atoms with van der Waals surface area (Å²) in [7, 11) is 3.85. The topological polar surface area (TPSA) is 54.0 Å². The van der Waals surface area contributed by atoms with Crippen molar-refractivity contribution in [1.82, 2.24) is 5.32 Å². The molecule has 2 fully saturated rings. The number of methoxy groups -OCH3 is 1. The van der Waals surface area contributed by atoms with Gasteiger partial charge in [-0.3, -0.25) is 4.79 Å². The smallest absolute Gasteiger partial charge is 0.232 e. The zero-order valence-electron chi connectivity index (χ0n) is 30.2. The zero-order chi connectivity index (χ0) is 34.7.